The maximum atomic E-state index is 12.6. The van der Waals surface area contributed by atoms with Gasteiger partial charge in [0.05, 0.1) is 33.6 Å². The number of hydrogen-bond acceptors (Lipinski definition) is 7. The second-order valence-electron chi connectivity index (χ2n) is 7.98. The molecule has 2 N–H and O–H groups in total. The van der Waals surface area contributed by atoms with Crippen molar-refractivity contribution in [2.45, 2.75) is 17.5 Å². The van der Waals surface area contributed by atoms with Crippen LogP contribution in [0.5, 0.6) is 17.2 Å². The molecular weight excluding hydrogens is 488 g/mol. The summed E-state index contributed by atoms with van der Waals surface area (Å²) in [5, 5.41) is 3.87. The second kappa shape index (κ2) is 12.0. The summed E-state index contributed by atoms with van der Waals surface area (Å²) in [4.78, 5) is 23.4. The highest BCUT2D eigenvalue weighted by atomic mass is 32.2. The number of nitrogens with zero attached hydrogens (tertiary/aromatic N) is 2. The molecule has 4 aromatic rings. The van der Waals surface area contributed by atoms with Gasteiger partial charge in [-0.05, 0) is 53.1 Å². The van der Waals surface area contributed by atoms with Gasteiger partial charge in [0.2, 0.25) is 0 Å². The highest BCUT2D eigenvalue weighted by Gasteiger charge is 2.15. The zero-order valence-corrected chi connectivity index (χ0v) is 21.5. The summed E-state index contributed by atoms with van der Waals surface area (Å²) < 4.78 is 16.0. The topological polar surface area (TPSA) is 89.8 Å². The predicted octanol–water partition coefficient (Wildman–Crippen LogP) is 5.92. The van der Waals surface area contributed by atoms with Crippen molar-refractivity contribution >= 4 is 23.1 Å². The molecule has 0 saturated carbocycles. The first-order valence-electron chi connectivity index (χ1n) is 11.4. The molecule has 0 atom stereocenters. The van der Waals surface area contributed by atoms with Crippen LogP contribution in [0.15, 0.2) is 76.7 Å². The van der Waals surface area contributed by atoms with E-state index in [1.807, 2.05) is 36.4 Å². The van der Waals surface area contributed by atoms with Crippen LogP contribution in [-0.4, -0.2) is 31.3 Å². The molecule has 1 heterocycles. The van der Waals surface area contributed by atoms with Gasteiger partial charge in [-0.3, -0.25) is 4.79 Å². The molecule has 0 spiro atoms. The lowest BCUT2D eigenvalue weighted by Gasteiger charge is -2.11. The third-order valence-electron chi connectivity index (χ3n) is 5.54. The number of benzene rings is 3. The van der Waals surface area contributed by atoms with Crippen molar-refractivity contribution in [2.75, 3.05) is 26.6 Å². The Balaban J connectivity index is 1.49. The third-order valence-corrected chi connectivity index (χ3v) is 6.48. The number of hydrogen-bond donors (Lipinski definition) is 2. The Morgan fingerprint density at radius 1 is 0.919 bits per heavy atom. The maximum absolute atomic E-state index is 12.6. The fourth-order valence-electron chi connectivity index (χ4n) is 3.69. The molecule has 0 saturated heterocycles. The number of nitrogens with one attached hydrogen (secondary N) is 2. The Bertz CT molecular complexity index is 1470. The summed E-state index contributed by atoms with van der Waals surface area (Å²) in [5.74, 6) is 2.68. The number of thioether (sulfide) groups is 1. The molecule has 0 aliphatic heterocycles. The van der Waals surface area contributed by atoms with Crippen LogP contribution in [0.4, 0.5) is 11.4 Å². The molecule has 0 aliphatic carbocycles. The number of methoxy groups -OCH3 is 3. The molecule has 0 bridgehead atoms. The third kappa shape index (κ3) is 6.42. The molecule has 0 amide bonds. The number of ether oxygens (including phenoxy) is 3. The minimum atomic E-state index is -0.463. The number of aromatic nitrogens is 2. The highest BCUT2D eigenvalue weighted by molar-refractivity contribution is 7.98. The van der Waals surface area contributed by atoms with Gasteiger partial charge in [-0.1, -0.05) is 36.0 Å². The summed E-state index contributed by atoms with van der Waals surface area (Å²) in [5.41, 5.74) is 3.53. The normalized spacial score (nSPS) is 10.4. The van der Waals surface area contributed by atoms with E-state index in [0.717, 1.165) is 28.3 Å². The first kappa shape index (κ1) is 25.7. The molecular formula is C28H26N4O4S. The Morgan fingerprint density at radius 3 is 2.35 bits per heavy atom. The van der Waals surface area contributed by atoms with Gasteiger partial charge in [0.25, 0.3) is 11.2 Å². The first-order valence-corrected chi connectivity index (χ1v) is 12.3. The van der Waals surface area contributed by atoms with Gasteiger partial charge in [-0.15, -0.1) is 0 Å². The molecule has 0 radical (unpaired) electrons. The van der Waals surface area contributed by atoms with E-state index in [1.54, 1.807) is 45.6 Å². The standard InChI is InChI=1S/C28H26N4O4S/c1-29-26-25(20-8-6-10-22(14-20)34-2)31-28(32-27(26)33)37-17-18-7-5-9-21(11-18)30-16-19-12-23(35-3)15-24(13-19)36-4/h5-15,30H,16-17H2,2-4H3,(H,31,32,33). The zero-order chi connectivity index (χ0) is 26.2. The van der Waals surface area contributed by atoms with E-state index >= 15 is 0 Å². The van der Waals surface area contributed by atoms with Crippen LogP contribution in [0.3, 0.4) is 0 Å². The minimum Gasteiger partial charge on any atom is -0.497 e. The smallest absolute Gasteiger partial charge is 0.276 e. The fourth-order valence-corrected chi connectivity index (χ4v) is 4.49. The SMILES string of the molecule is [C-]#[N+]c1c(-c2cccc(OC)c2)nc(SCc2cccc(NCc3cc(OC)cc(OC)c3)c2)[nH]c1=O. The lowest BCUT2D eigenvalue weighted by Crippen LogP contribution is -2.09. The Kier molecular flexibility index (Phi) is 8.33. The van der Waals surface area contributed by atoms with Gasteiger partial charge in [-0.25, -0.2) is 9.83 Å². The van der Waals surface area contributed by atoms with Gasteiger partial charge in [-0.2, -0.15) is 0 Å². The highest BCUT2D eigenvalue weighted by Crippen LogP contribution is 2.30. The van der Waals surface area contributed by atoms with Crippen molar-refractivity contribution in [1.82, 2.24) is 9.97 Å². The van der Waals surface area contributed by atoms with Crippen LogP contribution >= 0.6 is 11.8 Å². The molecule has 8 nitrogen and oxygen atoms in total. The van der Waals surface area contributed by atoms with Crippen LogP contribution in [-0.2, 0) is 12.3 Å². The molecule has 3 aromatic carbocycles. The van der Waals surface area contributed by atoms with Gasteiger partial charge in [0.1, 0.15) is 17.2 Å². The molecule has 0 fully saturated rings. The number of H-pyrrole nitrogens is 1. The summed E-state index contributed by atoms with van der Waals surface area (Å²) in [6, 6.07) is 21.0. The van der Waals surface area contributed by atoms with Crippen LogP contribution in [0.1, 0.15) is 11.1 Å². The van der Waals surface area contributed by atoms with Crippen molar-refractivity contribution in [1.29, 1.82) is 0 Å². The molecule has 9 heteroatoms. The quantitative estimate of drug-likeness (QED) is 0.154. The summed E-state index contributed by atoms with van der Waals surface area (Å²) in [7, 11) is 4.83. The van der Waals surface area contributed by atoms with Crippen LogP contribution in [0.25, 0.3) is 16.1 Å². The van der Waals surface area contributed by atoms with E-state index in [9.17, 15) is 4.79 Å². The minimum absolute atomic E-state index is 0.0435. The molecule has 0 unspecified atom stereocenters. The van der Waals surface area contributed by atoms with Gasteiger partial charge in [0, 0.05) is 24.1 Å². The van der Waals surface area contributed by atoms with Crippen LogP contribution in [0, 0.1) is 6.57 Å². The summed E-state index contributed by atoms with van der Waals surface area (Å²) in [6.45, 7) is 8.06. The molecule has 1 aromatic heterocycles. The van der Waals surface area contributed by atoms with E-state index in [0.29, 0.717) is 34.5 Å². The Labute approximate surface area is 219 Å². The van der Waals surface area contributed by atoms with Crippen molar-refractivity contribution < 1.29 is 14.2 Å². The van der Waals surface area contributed by atoms with E-state index in [-0.39, 0.29) is 5.69 Å². The number of aromatic amines is 1. The van der Waals surface area contributed by atoms with Gasteiger partial charge in [0.15, 0.2) is 5.16 Å². The molecule has 0 aliphatic rings. The maximum Gasteiger partial charge on any atom is 0.276 e. The lowest BCUT2D eigenvalue weighted by atomic mass is 10.1. The van der Waals surface area contributed by atoms with E-state index in [4.69, 9.17) is 20.8 Å². The van der Waals surface area contributed by atoms with E-state index in [2.05, 4.69) is 26.2 Å². The van der Waals surface area contributed by atoms with Crippen molar-refractivity contribution in [3.63, 3.8) is 0 Å². The lowest BCUT2D eigenvalue weighted by molar-refractivity contribution is 0.393. The molecule has 4 rings (SSSR count). The zero-order valence-electron chi connectivity index (χ0n) is 20.7. The number of anilines is 1. The fraction of sp³-hybridized carbons (Fsp3) is 0.179. The Morgan fingerprint density at radius 2 is 1.65 bits per heavy atom. The predicted molar refractivity (Wildman–Crippen MR) is 146 cm³/mol. The van der Waals surface area contributed by atoms with Crippen LogP contribution in [0.2, 0.25) is 0 Å². The average Bonchev–Trinajstić information content (AvgIpc) is 2.94. The molecule has 37 heavy (non-hydrogen) atoms. The van der Waals surface area contributed by atoms with E-state index < -0.39 is 5.56 Å². The molecule has 188 valence electrons. The summed E-state index contributed by atoms with van der Waals surface area (Å²) >= 11 is 1.40. The van der Waals surface area contributed by atoms with Crippen LogP contribution < -0.4 is 25.1 Å². The van der Waals surface area contributed by atoms with Crippen molar-refractivity contribution in [3.8, 4) is 28.5 Å². The first-order chi connectivity index (χ1) is 18.0. The summed E-state index contributed by atoms with van der Waals surface area (Å²) in [6.07, 6.45) is 0. The van der Waals surface area contributed by atoms with E-state index in [1.165, 1.54) is 11.8 Å². The van der Waals surface area contributed by atoms with Gasteiger partial charge >= 0.3 is 0 Å². The average molecular weight is 515 g/mol. The van der Waals surface area contributed by atoms with Gasteiger partial charge < -0.3 is 24.5 Å². The Hall–Kier alpha value is -4.42. The number of rotatable bonds is 10. The second-order valence-corrected chi connectivity index (χ2v) is 8.94. The van der Waals surface area contributed by atoms with Crippen molar-refractivity contribution in [3.05, 3.63) is 99.6 Å². The largest absolute Gasteiger partial charge is 0.497 e. The van der Waals surface area contributed by atoms with Crippen molar-refractivity contribution in [2.24, 2.45) is 0 Å². The monoisotopic (exact) mass is 514 g/mol.